The summed E-state index contributed by atoms with van der Waals surface area (Å²) in [5.74, 6) is 0.0713. The molecule has 112 valence electrons. The van der Waals surface area contributed by atoms with E-state index in [-0.39, 0.29) is 12.3 Å². The average Bonchev–Trinajstić information content (AvgIpc) is 2.42. The Morgan fingerprint density at radius 2 is 1.76 bits per heavy atom. The first-order valence-electron chi connectivity index (χ1n) is 5.88. The maximum absolute atomic E-state index is 12.4. The Bertz CT molecular complexity index is 638. The Hall–Kier alpha value is -1.23. The van der Waals surface area contributed by atoms with Gasteiger partial charge in [0, 0.05) is 22.8 Å². The van der Waals surface area contributed by atoms with Crippen molar-refractivity contribution in [3.05, 3.63) is 57.0 Å². The van der Waals surface area contributed by atoms with Crippen LogP contribution in [0, 0.1) is 0 Å². The van der Waals surface area contributed by atoms with Crippen molar-refractivity contribution in [2.75, 3.05) is 5.32 Å². The topological polar surface area (TPSA) is 21.3 Å². The molecule has 7 heteroatoms. The molecule has 0 atom stereocenters. The molecule has 1 N–H and O–H groups in total. The van der Waals surface area contributed by atoms with Crippen LogP contribution in [0.3, 0.4) is 0 Å². The molecule has 0 amide bonds. The summed E-state index contributed by atoms with van der Waals surface area (Å²) in [5.41, 5.74) is 1.21. The standard InChI is InChI=1S/C14H10Cl3F2NO/c15-9-1-4-13(21-14(18)19)8(5-9)7-20-10-2-3-11(16)12(17)6-10/h1-6,14,20H,7H2. The van der Waals surface area contributed by atoms with E-state index in [0.717, 1.165) is 0 Å². The molecule has 0 aliphatic rings. The number of halogens is 5. The second-order valence-corrected chi connectivity index (χ2v) is 5.36. The predicted octanol–water partition coefficient (Wildman–Crippen LogP) is 5.86. The van der Waals surface area contributed by atoms with Crippen molar-refractivity contribution in [2.24, 2.45) is 0 Å². The van der Waals surface area contributed by atoms with Gasteiger partial charge in [-0.1, -0.05) is 34.8 Å². The van der Waals surface area contributed by atoms with E-state index in [1.54, 1.807) is 24.3 Å². The molecule has 0 unspecified atom stereocenters. The summed E-state index contributed by atoms with van der Waals surface area (Å²) in [6.07, 6.45) is 0. The molecule has 0 aliphatic carbocycles. The Morgan fingerprint density at radius 3 is 2.43 bits per heavy atom. The van der Waals surface area contributed by atoms with Crippen LogP contribution in [0.2, 0.25) is 15.1 Å². The summed E-state index contributed by atoms with van der Waals surface area (Å²) >= 11 is 17.6. The maximum atomic E-state index is 12.4. The van der Waals surface area contributed by atoms with Gasteiger partial charge in [-0.15, -0.1) is 0 Å². The summed E-state index contributed by atoms with van der Waals surface area (Å²) in [6.45, 7) is -2.64. The van der Waals surface area contributed by atoms with E-state index >= 15 is 0 Å². The van der Waals surface area contributed by atoms with Crippen LogP contribution in [0.25, 0.3) is 0 Å². The highest BCUT2D eigenvalue weighted by molar-refractivity contribution is 6.42. The van der Waals surface area contributed by atoms with E-state index in [0.29, 0.717) is 26.3 Å². The second kappa shape index (κ2) is 7.16. The molecule has 2 aromatic rings. The van der Waals surface area contributed by atoms with Crippen LogP contribution in [0.1, 0.15) is 5.56 Å². The highest BCUT2D eigenvalue weighted by atomic mass is 35.5. The highest BCUT2D eigenvalue weighted by Crippen LogP contribution is 2.28. The first-order valence-corrected chi connectivity index (χ1v) is 7.01. The molecule has 0 saturated carbocycles. The number of alkyl halides is 2. The van der Waals surface area contributed by atoms with Crippen LogP contribution in [0.15, 0.2) is 36.4 Å². The van der Waals surface area contributed by atoms with E-state index in [2.05, 4.69) is 10.1 Å². The van der Waals surface area contributed by atoms with Crippen molar-refractivity contribution < 1.29 is 13.5 Å². The van der Waals surface area contributed by atoms with Crippen molar-refractivity contribution in [1.82, 2.24) is 0 Å². The molecule has 0 saturated heterocycles. The third-order valence-corrected chi connectivity index (χ3v) is 3.62. The van der Waals surface area contributed by atoms with Gasteiger partial charge in [0.1, 0.15) is 5.75 Å². The summed E-state index contributed by atoms with van der Waals surface area (Å²) in [6, 6.07) is 9.46. The van der Waals surface area contributed by atoms with E-state index in [1.807, 2.05) is 0 Å². The zero-order valence-corrected chi connectivity index (χ0v) is 12.8. The number of hydrogen-bond donors (Lipinski definition) is 1. The van der Waals surface area contributed by atoms with Gasteiger partial charge in [-0.3, -0.25) is 0 Å². The molecule has 0 radical (unpaired) electrons. The second-order valence-electron chi connectivity index (χ2n) is 4.11. The van der Waals surface area contributed by atoms with Crippen LogP contribution < -0.4 is 10.1 Å². The van der Waals surface area contributed by atoms with Gasteiger partial charge in [0.25, 0.3) is 0 Å². The number of benzene rings is 2. The van der Waals surface area contributed by atoms with Crippen LogP contribution in [-0.2, 0) is 6.54 Å². The first kappa shape index (κ1) is 16.1. The lowest BCUT2D eigenvalue weighted by molar-refractivity contribution is -0.0504. The van der Waals surface area contributed by atoms with Crippen LogP contribution in [0.4, 0.5) is 14.5 Å². The largest absolute Gasteiger partial charge is 0.434 e. The van der Waals surface area contributed by atoms with Gasteiger partial charge < -0.3 is 10.1 Å². The molecule has 0 aliphatic heterocycles. The smallest absolute Gasteiger partial charge is 0.387 e. The molecule has 0 aromatic heterocycles. The van der Waals surface area contributed by atoms with Gasteiger partial charge in [0.05, 0.1) is 10.0 Å². The lowest BCUT2D eigenvalue weighted by Gasteiger charge is -2.13. The number of hydrogen-bond acceptors (Lipinski definition) is 2. The van der Waals surface area contributed by atoms with Crippen molar-refractivity contribution in [3.63, 3.8) is 0 Å². The third-order valence-electron chi connectivity index (χ3n) is 2.64. The Balaban J connectivity index is 2.14. The minimum atomic E-state index is -2.89. The summed E-state index contributed by atoms with van der Waals surface area (Å²) in [5, 5.41) is 4.31. The normalized spacial score (nSPS) is 10.8. The minimum Gasteiger partial charge on any atom is -0.434 e. The quantitative estimate of drug-likeness (QED) is 0.727. The van der Waals surface area contributed by atoms with Gasteiger partial charge in [-0.25, -0.2) is 0 Å². The average molecular weight is 353 g/mol. The molecular weight excluding hydrogens is 343 g/mol. The van der Waals surface area contributed by atoms with E-state index in [1.165, 1.54) is 12.1 Å². The lowest BCUT2D eigenvalue weighted by atomic mass is 10.2. The van der Waals surface area contributed by atoms with E-state index in [9.17, 15) is 8.78 Å². The molecule has 2 rings (SSSR count). The van der Waals surface area contributed by atoms with Crippen LogP contribution in [0.5, 0.6) is 5.75 Å². The molecule has 2 nitrogen and oxygen atoms in total. The zero-order chi connectivity index (χ0) is 15.4. The van der Waals surface area contributed by atoms with Gasteiger partial charge in [0.2, 0.25) is 0 Å². The Kier molecular flexibility index (Phi) is 5.51. The molecular formula is C14H10Cl3F2NO. The number of nitrogens with one attached hydrogen (secondary N) is 1. The SMILES string of the molecule is FC(F)Oc1ccc(Cl)cc1CNc1ccc(Cl)c(Cl)c1. The fraction of sp³-hybridized carbons (Fsp3) is 0.143. The zero-order valence-electron chi connectivity index (χ0n) is 10.5. The van der Waals surface area contributed by atoms with E-state index in [4.69, 9.17) is 34.8 Å². The number of rotatable bonds is 5. The monoisotopic (exact) mass is 351 g/mol. The molecule has 0 bridgehead atoms. The van der Waals surface area contributed by atoms with Crippen molar-refractivity contribution in [3.8, 4) is 5.75 Å². The van der Waals surface area contributed by atoms with Gasteiger partial charge >= 0.3 is 6.61 Å². The van der Waals surface area contributed by atoms with Crippen LogP contribution in [-0.4, -0.2) is 6.61 Å². The predicted molar refractivity (Wildman–Crippen MR) is 81.9 cm³/mol. The van der Waals surface area contributed by atoms with Crippen LogP contribution >= 0.6 is 34.8 Å². The first-order chi connectivity index (χ1) is 9.95. The fourth-order valence-corrected chi connectivity index (χ4v) is 2.19. The number of anilines is 1. The highest BCUT2D eigenvalue weighted by Gasteiger charge is 2.10. The Labute approximate surface area is 135 Å². The molecule has 21 heavy (non-hydrogen) atoms. The maximum Gasteiger partial charge on any atom is 0.387 e. The van der Waals surface area contributed by atoms with Gasteiger partial charge in [-0.05, 0) is 36.4 Å². The van der Waals surface area contributed by atoms with Gasteiger partial charge in [0.15, 0.2) is 0 Å². The van der Waals surface area contributed by atoms with Crippen molar-refractivity contribution in [1.29, 1.82) is 0 Å². The summed E-state index contributed by atoms with van der Waals surface area (Å²) < 4.78 is 29.2. The third kappa shape index (κ3) is 4.63. The van der Waals surface area contributed by atoms with Crippen molar-refractivity contribution in [2.45, 2.75) is 13.2 Å². The minimum absolute atomic E-state index is 0.0713. The fourth-order valence-electron chi connectivity index (χ4n) is 1.70. The van der Waals surface area contributed by atoms with Crippen molar-refractivity contribution >= 4 is 40.5 Å². The van der Waals surface area contributed by atoms with Gasteiger partial charge in [-0.2, -0.15) is 8.78 Å². The molecule has 0 fully saturated rings. The Morgan fingerprint density at radius 1 is 1.00 bits per heavy atom. The van der Waals surface area contributed by atoms with E-state index < -0.39 is 6.61 Å². The molecule has 0 heterocycles. The molecule has 2 aromatic carbocycles. The summed E-state index contributed by atoms with van der Waals surface area (Å²) in [4.78, 5) is 0. The lowest BCUT2D eigenvalue weighted by Crippen LogP contribution is -2.07. The number of ether oxygens (including phenoxy) is 1. The summed E-state index contributed by atoms with van der Waals surface area (Å²) in [7, 11) is 0. The molecule has 0 spiro atoms.